The summed E-state index contributed by atoms with van der Waals surface area (Å²) >= 11 is 0. The van der Waals surface area contributed by atoms with Crippen LogP contribution in [0.2, 0.25) is 0 Å². The third kappa shape index (κ3) is 4.50. The van der Waals surface area contributed by atoms with E-state index < -0.39 is 0 Å². The molecule has 0 amide bonds. The monoisotopic (exact) mass is 224 g/mol. The van der Waals surface area contributed by atoms with Gasteiger partial charge in [0.2, 0.25) is 0 Å². The summed E-state index contributed by atoms with van der Waals surface area (Å²) in [5.41, 5.74) is 1.26. The van der Waals surface area contributed by atoms with E-state index in [0.29, 0.717) is 13.2 Å². The van der Waals surface area contributed by atoms with Crippen LogP contribution in [-0.4, -0.2) is 24.9 Å². The molecule has 0 saturated carbocycles. The minimum atomic E-state index is 0.0424. The lowest BCUT2D eigenvalue weighted by Crippen LogP contribution is -2.23. The molecule has 1 saturated heterocycles. The van der Waals surface area contributed by atoms with E-state index in [1.807, 2.05) is 19.9 Å². The predicted octanol–water partition coefficient (Wildman–Crippen LogP) is 3.48. The summed E-state index contributed by atoms with van der Waals surface area (Å²) in [6.45, 7) is 9.73. The SMILES string of the molecule is C/C=C\C(=C/C)COCC1CCC(C)(C)O1. The van der Waals surface area contributed by atoms with Crippen LogP contribution in [0.4, 0.5) is 0 Å². The van der Waals surface area contributed by atoms with Gasteiger partial charge < -0.3 is 9.47 Å². The number of hydrogen-bond acceptors (Lipinski definition) is 2. The van der Waals surface area contributed by atoms with Gasteiger partial charge in [0, 0.05) is 0 Å². The summed E-state index contributed by atoms with van der Waals surface area (Å²) in [6.07, 6.45) is 8.72. The Hall–Kier alpha value is -0.600. The largest absolute Gasteiger partial charge is 0.374 e. The maximum Gasteiger partial charge on any atom is 0.0817 e. The molecule has 0 bridgehead atoms. The Bertz CT molecular complexity index is 264. The Morgan fingerprint density at radius 1 is 1.44 bits per heavy atom. The van der Waals surface area contributed by atoms with Crippen LogP contribution in [-0.2, 0) is 9.47 Å². The van der Waals surface area contributed by atoms with E-state index in [1.54, 1.807) is 0 Å². The molecule has 1 atom stereocenters. The van der Waals surface area contributed by atoms with Gasteiger partial charge in [-0.15, -0.1) is 0 Å². The lowest BCUT2D eigenvalue weighted by Gasteiger charge is -2.19. The van der Waals surface area contributed by atoms with E-state index in [1.165, 1.54) is 5.57 Å². The molecule has 1 aliphatic rings. The van der Waals surface area contributed by atoms with Crippen molar-refractivity contribution in [1.29, 1.82) is 0 Å². The lowest BCUT2D eigenvalue weighted by molar-refractivity contribution is -0.0500. The van der Waals surface area contributed by atoms with Crippen molar-refractivity contribution in [3.8, 4) is 0 Å². The molecule has 92 valence electrons. The average molecular weight is 224 g/mol. The number of hydrogen-bond donors (Lipinski definition) is 0. The first kappa shape index (κ1) is 13.5. The molecule has 0 aliphatic carbocycles. The fourth-order valence-electron chi connectivity index (χ4n) is 1.94. The minimum Gasteiger partial charge on any atom is -0.374 e. The van der Waals surface area contributed by atoms with Gasteiger partial charge in [0.15, 0.2) is 0 Å². The van der Waals surface area contributed by atoms with Gasteiger partial charge in [0.1, 0.15) is 0 Å². The number of ether oxygens (including phenoxy) is 2. The first-order chi connectivity index (χ1) is 7.57. The second-order valence-corrected chi connectivity index (χ2v) is 4.92. The molecule has 1 heterocycles. The van der Waals surface area contributed by atoms with Crippen LogP contribution in [0.25, 0.3) is 0 Å². The van der Waals surface area contributed by atoms with Gasteiger partial charge in [-0.25, -0.2) is 0 Å². The maximum atomic E-state index is 5.86. The Labute approximate surface area is 99.3 Å². The predicted molar refractivity (Wildman–Crippen MR) is 67.6 cm³/mol. The van der Waals surface area contributed by atoms with Crippen LogP contribution in [0.3, 0.4) is 0 Å². The smallest absolute Gasteiger partial charge is 0.0817 e. The zero-order valence-electron chi connectivity index (χ0n) is 11.0. The van der Waals surface area contributed by atoms with Crippen LogP contribution < -0.4 is 0 Å². The molecule has 0 spiro atoms. The molecule has 1 rings (SSSR count). The van der Waals surface area contributed by atoms with Gasteiger partial charge in [0.25, 0.3) is 0 Å². The molecule has 0 radical (unpaired) electrons. The fraction of sp³-hybridized carbons (Fsp3) is 0.714. The van der Waals surface area contributed by atoms with Crippen molar-refractivity contribution in [2.45, 2.75) is 52.2 Å². The van der Waals surface area contributed by atoms with Crippen molar-refractivity contribution in [2.24, 2.45) is 0 Å². The molecule has 0 aromatic rings. The summed E-state index contributed by atoms with van der Waals surface area (Å²) in [6, 6.07) is 0. The van der Waals surface area contributed by atoms with Gasteiger partial charge in [0.05, 0.1) is 24.9 Å². The van der Waals surface area contributed by atoms with Crippen molar-refractivity contribution >= 4 is 0 Å². The van der Waals surface area contributed by atoms with E-state index >= 15 is 0 Å². The third-order valence-corrected chi connectivity index (χ3v) is 2.88. The summed E-state index contributed by atoms with van der Waals surface area (Å²) in [7, 11) is 0. The van der Waals surface area contributed by atoms with Gasteiger partial charge in [-0.3, -0.25) is 0 Å². The first-order valence-corrected chi connectivity index (χ1v) is 6.11. The quantitative estimate of drug-likeness (QED) is 0.666. The Morgan fingerprint density at radius 2 is 2.19 bits per heavy atom. The molecule has 0 N–H and O–H groups in total. The van der Waals surface area contributed by atoms with Crippen LogP contribution >= 0.6 is 0 Å². The third-order valence-electron chi connectivity index (χ3n) is 2.88. The van der Waals surface area contributed by atoms with E-state index in [0.717, 1.165) is 12.8 Å². The second kappa shape index (κ2) is 6.21. The van der Waals surface area contributed by atoms with Gasteiger partial charge in [-0.1, -0.05) is 18.2 Å². The van der Waals surface area contributed by atoms with Crippen LogP contribution in [0.5, 0.6) is 0 Å². The van der Waals surface area contributed by atoms with Gasteiger partial charge in [-0.2, -0.15) is 0 Å². The molecule has 16 heavy (non-hydrogen) atoms. The van der Waals surface area contributed by atoms with Crippen molar-refractivity contribution in [3.05, 3.63) is 23.8 Å². The molecule has 1 fully saturated rings. The van der Waals surface area contributed by atoms with Crippen molar-refractivity contribution in [1.82, 2.24) is 0 Å². The molecule has 2 heteroatoms. The fourth-order valence-corrected chi connectivity index (χ4v) is 1.94. The van der Waals surface area contributed by atoms with E-state index in [-0.39, 0.29) is 11.7 Å². The second-order valence-electron chi connectivity index (χ2n) is 4.92. The highest BCUT2D eigenvalue weighted by molar-refractivity contribution is 5.17. The summed E-state index contributed by atoms with van der Waals surface area (Å²) < 4.78 is 11.5. The van der Waals surface area contributed by atoms with Crippen molar-refractivity contribution in [2.75, 3.05) is 13.2 Å². The highest BCUT2D eigenvalue weighted by Gasteiger charge is 2.31. The Balaban J connectivity index is 2.21. The normalized spacial score (nSPS) is 25.5. The molecule has 0 aromatic heterocycles. The standard InChI is InChI=1S/C14H24O2/c1-5-7-12(6-2)10-15-11-13-8-9-14(3,4)16-13/h5-7,13H,8-11H2,1-4H3/b7-5-,12-6+. The molecular weight excluding hydrogens is 200 g/mol. The van der Waals surface area contributed by atoms with Crippen molar-refractivity contribution in [3.63, 3.8) is 0 Å². The Kier molecular flexibility index (Phi) is 5.23. The maximum absolute atomic E-state index is 5.86. The van der Waals surface area contributed by atoms with Crippen molar-refractivity contribution < 1.29 is 9.47 Å². The highest BCUT2D eigenvalue weighted by atomic mass is 16.5. The summed E-state index contributed by atoms with van der Waals surface area (Å²) in [5, 5.41) is 0. The van der Waals surface area contributed by atoms with E-state index in [9.17, 15) is 0 Å². The average Bonchev–Trinajstić information content (AvgIpc) is 2.57. The van der Waals surface area contributed by atoms with E-state index in [2.05, 4.69) is 26.0 Å². The number of allylic oxidation sites excluding steroid dienone is 2. The first-order valence-electron chi connectivity index (χ1n) is 6.11. The zero-order chi connectivity index (χ0) is 12.0. The van der Waals surface area contributed by atoms with Crippen LogP contribution in [0, 0.1) is 0 Å². The molecule has 1 unspecified atom stereocenters. The van der Waals surface area contributed by atoms with E-state index in [4.69, 9.17) is 9.47 Å². The minimum absolute atomic E-state index is 0.0424. The number of rotatable bonds is 5. The molecule has 1 aliphatic heterocycles. The topological polar surface area (TPSA) is 18.5 Å². The van der Waals surface area contributed by atoms with Gasteiger partial charge in [-0.05, 0) is 46.1 Å². The lowest BCUT2D eigenvalue weighted by atomic mass is 10.1. The molecule has 0 aromatic carbocycles. The Morgan fingerprint density at radius 3 is 2.69 bits per heavy atom. The zero-order valence-corrected chi connectivity index (χ0v) is 11.0. The summed E-state index contributed by atoms with van der Waals surface area (Å²) in [5.74, 6) is 0. The summed E-state index contributed by atoms with van der Waals surface area (Å²) in [4.78, 5) is 0. The van der Waals surface area contributed by atoms with Crippen LogP contribution in [0.15, 0.2) is 23.8 Å². The van der Waals surface area contributed by atoms with Crippen LogP contribution in [0.1, 0.15) is 40.5 Å². The van der Waals surface area contributed by atoms with Gasteiger partial charge >= 0.3 is 0 Å². The molecular formula is C14H24O2. The molecule has 2 nitrogen and oxygen atoms in total. The highest BCUT2D eigenvalue weighted by Crippen LogP contribution is 2.29.